The number of ether oxygens (including phenoxy) is 2. The fourth-order valence-corrected chi connectivity index (χ4v) is 3.73. The predicted molar refractivity (Wildman–Crippen MR) is 115 cm³/mol. The summed E-state index contributed by atoms with van der Waals surface area (Å²) in [6.07, 6.45) is 0.0566. The Bertz CT molecular complexity index is 1030. The molecular formula is C21H22ClN3O6. The molecule has 0 bridgehead atoms. The van der Waals surface area contributed by atoms with Crippen LogP contribution in [-0.2, 0) is 16.1 Å². The summed E-state index contributed by atoms with van der Waals surface area (Å²) in [5.41, 5.74) is 0.923. The first-order valence-electron chi connectivity index (χ1n) is 9.45. The number of benzene rings is 2. The Hall–Kier alpha value is -3.33. The maximum Gasteiger partial charge on any atom is 0.269 e. The zero-order valence-corrected chi connectivity index (χ0v) is 18.1. The van der Waals surface area contributed by atoms with E-state index < -0.39 is 10.8 Å². The summed E-state index contributed by atoms with van der Waals surface area (Å²) in [5, 5.41) is 11.3. The average molecular weight is 448 g/mol. The maximum atomic E-state index is 13.0. The molecule has 1 aliphatic heterocycles. The Kier molecular flexibility index (Phi) is 6.65. The third-order valence-corrected chi connectivity index (χ3v) is 5.54. The highest BCUT2D eigenvalue weighted by molar-refractivity contribution is 6.31. The molecule has 1 saturated heterocycles. The summed E-state index contributed by atoms with van der Waals surface area (Å²) < 4.78 is 10.6. The molecule has 0 N–H and O–H groups in total. The molecule has 0 aromatic heterocycles. The lowest BCUT2D eigenvalue weighted by Crippen LogP contribution is -2.34. The van der Waals surface area contributed by atoms with Crippen LogP contribution in [0.3, 0.4) is 0 Å². The minimum atomic E-state index is -0.554. The van der Waals surface area contributed by atoms with Gasteiger partial charge in [0.1, 0.15) is 11.5 Å². The summed E-state index contributed by atoms with van der Waals surface area (Å²) >= 11 is 6.15. The first kappa shape index (κ1) is 22.4. The van der Waals surface area contributed by atoms with Crippen LogP contribution < -0.4 is 14.4 Å². The second kappa shape index (κ2) is 9.22. The number of anilines is 1. The van der Waals surface area contributed by atoms with Gasteiger partial charge in [-0.2, -0.15) is 0 Å². The molecule has 0 aliphatic carbocycles. The second-order valence-electron chi connectivity index (χ2n) is 7.17. The number of nitrogens with zero attached hydrogens (tertiary/aromatic N) is 3. The Balaban J connectivity index is 1.75. The fourth-order valence-electron chi connectivity index (χ4n) is 3.55. The Morgan fingerprint density at radius 1 is 1.26 bits per heavy atom. The SMILES string of the molecule is COc1ccc(N2CC(C(=O)N(C)Cc3cc([N+](=O)[O-])ccc3Cl)CC2=O)c(OC)c1. The van der Waals surface area contributed by atoms with Crippen LogP contribution in [0.5, 0.6) is 11.5 Å². The van der Waals surface area contributed by atoms with Gasteiger partial charge in [-0.15, -0.1) is 0 Å². The van der Waals surface area contributed by atoms with Gasteiger partial charge in [-0.05, 0) is 23.8 Å². The highest BCUT2D eigenvalue weighted by Crippen LogP contribution is 2.36. The van der Waals surface area contributed by atoms with Crippen LogP contribution in [0, 0.1) is 16.0 Å². The van der Waals surface area contributed by atoms with Crippen LogP contribution in [0.25, 0.3) is 0 Å². The van der Waals surface area contributed by atoms with E-state index in [1.54, 1.807) is 25.2 Å². The largest absolute Gasteiger partial charge is 0.497 e. The number of carbonyl (C=O) groups excluding carboxylic acids is 2. The molecule has 164 valence electrons. The van der Waals surface area contributed by atoms with Crippen LogP contribution in [0.1, 0.15) is 12.0 Å². The van der Waals surface area contributed by atoms with E-state index in [-0.39, 0.29) is 37.0 Å². The van der Waals surface area contributed by atoms with E-state index in [4.69, 9.17) is 21.1 Å². The Morgan fingerprint density at radius 2 is 2.00 bits per heavy atom. The summed E-state index contributed by atoms with van der Waals surface area (Å²) in [4.78, 5) is 39.1. The van der Waals surface area contributed by atoms with Crippen LogP contribution >= 0.6 is 11.6 Å². The van der Waals surface area contributed by atoms with E-state index in [1.807, 2.05) is 0 Å². The lowest BCUT2D eigenvalue weighted by atomic mass is 10.1. The minimum Gasteiger partial charge on any atom is -0.497 e. The van der Waals surface area contributed by atoms with Gasteiger partial charge in [0.15, 0.2) is 0 Å². The number of hydrogen-bond donors (Lipinski definition) is 0. The molecule has 1 unspecified atom stereocenters. The molecule has 1 fully saturated rings. The number of methoxy groups -OCH3 is 2. The topological polar surface area (TPSA) is 102 Å². The average Bonchev–Trinajstić information content (AvgIpc) is 3.15. The van der Waals surface area contributed by atoms with Crippen LogP contribution in [-0.4, -0.2) is 49.4 Å². The van der Waals surface area contributed by atoms with Crippen molar-refractivity contribution in [1.29, 1.82) is 0 Å². The van der Waals surface area contributed by atoms with Crippen molar-refractivity contribution in [3.8, 4) is 11.5 Å². The van der Waals surface area contributed by atoms with Crippen molar-refractivity contribution in [3.63, 3.8) is 0 Å². The molecule has 3 rings (SSSR count). The number of carbonyl (C=O) groups is 2. The molecule has 2 aromatic rings. The van der Waals surface area contributed by atoms with Crippen molar-refractivity contribution in [2.75, 3.05) is 32.7 Å². The predicted octanol–water partition coefficient (Wildman–Crippen LogP) is 3.28. The van der Waals surface area contributed by atoms with Gasteiger partial charge in [-0.1, -0.05) is 11.6 Å². The lowest BCUT2D eigenvalue weighted by molar-refractivity contribution is -0.384. The first-order chi connectivity index (χ1) is 14.7. The van der Waals surface area contributed by atoms with Crippen molar-refractivity contribution in [3.05, 3.63) is 57.1 Å². The quantitative estimate of drug-likeness (QED) is 0.476. The van der Waals surface area contributed by atoms with E-state index in [1.165, 1.54) is 42.2 Å². The van der Waals surface area contributed by atoms with Crippen LogP contribution in [0.2, 0.25) is 5.02 Å². The molecule has 31 heavy (non-hydrogen) atoms. The number of rotatable bonds is 7. The van der Waals surface area contributed by atoms with Gasteiger partial charge in [0.05, 0.1) is 30.7 Å². The monoisotopic (exact) mass is 447 g/mol. The molecule has 1 aliphatic rings. The summed E-state index contributed by atoms with van der Waals surface area (Å²) in [7, 11) is 4.62. The zero-order valence-electron chi connectivity index (χ0n) is 17.3. The molecule has 0 radical (unpaired) electrons. The fraction of sp³-hybridized carbons (Fsp3) is 0.333. The molecule has 1 atom stereocenters. The smallest absolute Gasteiger partial charge is 0.269 e. The normalized spacial score (nSPS) is 15.7. The zero-order chi connectivity index (χ0) is 22.7. The maximum absolute atomic E-state index is 13.0. The van der Waals surface area contributed by atoms with Gasteiger partial charge >= 0.3 is 0 Å². The standard InChI is InChI=1S/C21H22ClN3O6/c1-23(11-13-8-15(25(28)29)4-6-17(13)22)21(27)14-9-20(26)24(12-14)18-7-5-16(30-2)10-19(18)31-3/h4-8,10,14H,9,11-12H2,1-3H3. The molecule has 1 heterocycles. The molecule has 2 amide bonds. The van der Waals surface area contributed by atoms with Crippen molar-refractivity contribution >= 4 is 34.8 Å². The number of nitro groups is 1. The number of hydrogen-bond acceptors (Lipinski definition) is 6. The van der Waals surface area contributed by atoms with Crippen molar-refractivity contribution in [2.24, 2.45) is 5.92 Å². The third kappa shape index (κ3) is 4.72. The van der Waals surface area contributed by atoms with Gasteiger partial charge in [0, 0.05) is 49.8 Å². The van der Waals surface area contributed by atoms with Gasteiger partial charge in [-0.3, -0.25) is 19.7 Å². The number of amides is 2. The summed E-state index contributed by atoms with van der Waals surface area (Å²) in [6.45, 7) is 0.295. The van der Waals surface area contributed by atoms with E-state index >= 15 is 0 Å². The van der Waals surface area contributed by atoms with Gasteiger partial charge in [0.2, 0.25) is 11.8 Å². The summed E-state index contributed by atoms with van der Waals surface area (Å²) in [6, 6.07) is 9.20. The molecule has 10 heteroatoms. The number of halogens is 1. The van der Waals surface area contributed by atoms with Crippen LogP contribution in [0.15, 0.2) is 36.4 Å². The van der Waals surface area contributed by atoms with E-state index in [0.29, 0.717) is 27.8 Å². The highest BCUT2D eigenvalue weighted by Gasteiger charge is 2.37. The van der Waals surface area contributed by atoms with Gasteiger partial charge in [-0.25, -0.2) is 0 Å². The van der Waals surface area contributed by atoms with Crippen molar-refractivity contribution in [2.45, 2.75) is 13.0 Å². The number of non-ortho nitro benzene ring substituents is 1. The van der Waals surface area contributed by atoms with Crippen molar-refractivity contribution < 1.29 is 24.0 Å². The first-order valence-corrected chi connectivity index (χ1v) is 9.83. The van der Waals surface area contributed by atoms with Crippen LogP contribution in [0.4, 0.5) is 11.4 Å². The van der Waals surface area contributed by atoms with Gasteiger partial charge < -0.3 is 19.3 Å². The third-order valence-electron chi connectivity index (χ3n) is 5.18. The van der Waals surface area contributed by atoms with Crippen molar-refractivity contribution in [1.82, 2.24) is 4.90 Å². The molecular weight excluding hydrogens is 426 g/mol. The minimum absolute atomic E-state index is 0.0566. The Labute approximate surface area is 184 Å². The molecule has 2 aromatic carbocycles. The van der Waals surface area contributed by atoms with E-state index in [9.17, 15) is 19.7 Å². The Morgan fingerprint density at radius 3 is 2.65 bits per heavy atom. The molecule has 9 nitrogen and oxygen atoms in total. The highest BCUT2D eigenvalue weighted by atomic mass is 35.5. The second-order valence-corrected chi connectivity index (χ2v) is 7.58. The van der Waals surface area contributed by atoms with Gasteiger partial charge in [0.25, 0.3) is 5.69 Å². The lowest BCUT2D eigenvalue weighted by Gasteiger charge is -2.23. The van der Waals surface area contributed by atoms with E-state index in [2.05, 4.69) is 0 Å². The summed E-state index contributed by atoms with van der Waals surface area (Å²) in [5.74, 6) is 0.0715. The molecule has 0 saturated carbocycles. The van der Waals surface area contributed by atoms with E-state index in [0.717, 1.165) is 0 Å². The number of nitro benzene ring substituents is 1. The molecule has 0 spiro atoms.